The molecule has 1 aliphatic heterocycles. The summed E-state index contributed by atoms with van der Waals surface area (Å²) in [6.45, 7) is 0.734. The summed E-state index contributed by atoms with van der Waals surface area (Å²) in [4.78, 5) is 11.4. The zero-order valence-corrected chi connectivity index (χ0v) is 13.4. The highest BCUT2D eigenvalue weighted by Crippen LogP contribution is 2.33. The van der Waals surface area contributed by atoms with Crippen LogP contribution in [0.1, 0.15) is 5.56 Å². The maximum atomic E-state index is 14.6. The van der Waals surface area contributed by atoms with Crippen LogP contribution in [0.25, 0.3) is 11.0 Å². The molecule has 142 valence electrons. The molecule has 0 saturated carbocycles. The van der Waals surface area contributed by atoms with E-state index in [1.807, 2.05) is 0 Å². The van der Waals surface area contributed by atoms with E-state index in [0.717, 1.165) is 12.1 Å². The largest absolute Gasteiger partial charge is 0.456 e. The van der Waals surface area contributed by atoms with Crippen molar-refractivity contribution >= 4 is 11.0 Å². The van der Waals surface area contributed by atoms with Crippen molar-refractivity contribution in [3.05, 3.63) is 39.8 Å². The number of rotatable bonds is 3. The summed E-state index contributed by atoms with van der Waals surface area (Å²) in [6, 6.07) is 1.95. The number of fused-ring (bicyclic) bond motifs is 1. The summed E-state index contributed by atoms with van der Waals surface area (Å²) in [5.41, 5.74) is -1.11. The predicted octanol–water partition coefficient (Wildman–Crippen LogP) is -0.442. The van der Waals surface area contributed by atoms with Crippen molar-refractivity contribution in [1.82, 2.24) is 0 Å². The first-order valence-electron chi connectivity index (χ1n) is 7.64. The topological polar surface area (TPSA) is 130 Å². The molecule has 8 nitrogen and oxygen atoms in total. The Morgan fingerprint density at radius 2 is 1.85 bits per heavy atom. The van der Waals surface area contributed by atoms with Gasteiger partial charge in [0.25, 0.3) is 0 Å². The van der Waals surface area contributed by atoms with Gasteiger partial charge in [0.1, 0.15) is 24.4 Å². The quantitative estimate of drug-likeness (QED) is 0.532. The van der Waals surface area contributed by atoms with Gasteiger partial charge in [0, 0.05) is 11.5 Å². The van der Waals surface area contributed by atoms with Crippen molar-refractivity contribution in [1.29, 1.82) is 0 Å². The van der Waals surface area contributed by atoms with E-state index in [1.54, 1.807) is 0 Å². The van der Waals surface area contributed by atoms with Crippen molar-refractivity contribution in [3.63, 3.8) is 0 Å². The molecule has 1 saturated heterocycles. The first-order chi connectivity index (χ1) is 12.2. The van der Waals surface area contributed by atoms with Gasteiger partial charge in [-0.15, -0.1) is 0 Å². The molecule has 1 aromatic heterocycles. The molecule has 1 fully saturated rings. The maximum Gasteiger partial charge on any atom is 0.336 e. The van der Waals surface area contributed by atoms with E-state index in [9.17, 15) is 28.9 Å². The molecular weight excluding hydrogens is 358 g/mol. The van der Waals surface area contributed by atoms with E-state index >= 15 is 0 Å². The Morgan fingerprint density at radius 1 is 1.15 bits per heavy atom. The maximum absolute atomic E-state index is 14.6. The molecule has 0 bridgehead atoms. The van der Waals surface area contributed by atoms with E-state index in [-0.39, 0.29) is 10.9 Å². The highest BCUT2D eigenvalue weighted by atomic mass is 19.1. The summed E-state index contributed by atoms with van der Waals surface area (Å²) in [5.74, 6) is -3.50. The van der Waals surface area contributed by atoms with Gasteiger partial charge in [-0.2, -0.15) is 4.39 Å². The van der Waals surface area contributed by atoms with Crippen LogP contribution in [-0.4, -0.2) is 57.7 Å². The van der Waals surface area contributed by atoms with Crippen LogP contribution in [0.4, 0.5) is 8.78 Å². The van der Waals surface area contributed by atoms with Crippen LogP contribution in [0.2, 0.25) is 0 Å². The average Bonchev–Trinajstić information content (AvgIpc) is 2.59. The number of aliphatic hydroxyl groups is 4. The minimum Gasteiger partial charge on any atom is -0.456 e. The van der Waals surface area contributed by atoms with Gasteiger partial charge >= 0.3 is 5.63 Å². The fourth-order valence-electron chi connectivity index (χ4n) is 2.75. The van der Waals surface area contributed by atoms with E-state index in [2.05, 4.69) is 0 Å². The second-order valence-corrected chi connectivity index (χ2v) is 5.94. The number of hydrogen-bond acceptors (Lipinski definition) is 8. The fraction of sp³-hybridized carbons (Fsp3) is 0.438. The Bertz CT molecular complexity index is 881. The zero-order valence-electron chi connectivity index (χ0n) is 13.4. The van der Waals surface area contributed by atoms with Crippen LogP contribution in [0.3, 0.4) is 0 Å². The molecule has 0 radical (unpaired) electrons. The third-order valence-electron chi connectivity index (χ3n) is 4.18. The second-order valence-electron chi connectivity index (χ2n) is 5.94. The van der Waals surface area contributed by atoms with Crippen LogP contribution in [0.5, 0.6) is 5.75 Å². The van der Waals surface area contributed by atoms with Gasteiger partial charge in [-0.1, -0.05) is 0 Å². The summed E-state index contributed by atoms with van der Waals surface area (Å²) in [7, 11) is 0. The summed E-state index contributed by atoms with van der Waals surface area (Å²) in [5, 5.41) is 38.5. The van der Waals surface area contributed by atoms with Crippen molar-refractivity contribution in [2.75, 3.05) is 6.61 Å². The van der Waals surface area contributed by atoms with Crippen molar-refractivity contribution in [3.8, 4) is 5.75 Å². The van der Waals surface area contributed by atoms with Gasteiger partial charge in [-0.3, -0.25) is 0 Å². The molecule has 10 heteroatoms. The third kappa shape index (κ3) is 3.06. The van der Waals surface area contributed by atoms with Crippen LogP contribution < -0.4 is 10.4 Å². The van der Waals surface area contributed by atoms with Gasteiger partial charge in [0.2, 0.25) is 12.1 Å². The van der Waals surface area contributed by atoms with Gasteiger partial charge in [-0.05, 0) is 18.6 Å². The lowest BCUT2D eigenvalue weighted by Crippen LogP contribution is -2.60. The van der Waals surface area contributed by atoms with Gasteiger partial charge in [-0.25, -0.2) is 9.18 Å². The molecule has 4 N–H and O–H groups in total. The molecule has 1 aliphatic rings. The number of halogens is 2. The summed E-state index contributed by atoms with van der Waals surface area (Å²) >= 11 is 0. The molecule has 2 aromatic rings. The Morgan fingerprint density at radius 3 is 2.50 bits per heavy atom. The van der Waals surface area contributed by atoms with Crippen molar-refractivity contribution < 1.29 is 43.1 Å². The number of benzene rings is 1. The summed E-state index contributed by atoms with van der Waals surface area (Å²) in [6.07, 6.45) is -8.39. The molecule has 1 aromatic carbocycles. The van der Waals surface area contributed by atoms with Crippen LogP contribution in [0.15, 0.2) is 21.3 Å². The lowest BCUT2D eigenvalue weighted by atomic mass is 9.99. The first kappa shape index (κ1) is 18.7. The Hall–Kier alpha value is -2.11. The average molecular weight is 374 g/mol. The van der Waals surface area contributed by atoms with Crippen molar-refractivity contribution in [2.24, 2.45) is 0 Å². The molecule has 0 aliphatic carbocycles. The smallest absolute Gasteiger partial charge is 0.336 e. The lowest BCUT2D eigenvalue weighted by Gasteiger charge is -2.39. The first-order valence-corrected chi connectivity index (χ1v) is 7.64. The Balaban J connectivity index is 2.02. The SMILES string of the molecule is Cc1cc(=O)oc2c(F)c(O[C@@H]3O[C@H](CO)[C@@H](O)[C@H](O)[C@H]3O)c(F)cc12. The number of hydrogen-bond donors (Lipinski definition) is 4. The minimum absolute atomic E-state index is 0.0146. The van der Waals surface area contributed by atoms with E-state index in [1.165, 1.54) is 6.92 Å². The standard InChI is InChI=1S/C16H16F2O8/c1-5-2-9(20)25-14-6(5)3-7(17)15(10(14)18)26-16-13(23)12(22)11(21)8(4-19)24-16/h2-3,8,11-13,16,19,21-23H,4H2,1H3/t8-,11-,12+,13-,16+/m1/s1. The number of aryl methyl sites for hydroxylation is 1. The minimum atomic E-state index is -1.85. The molecular formula is C16H16F2O8. The van der Waals surface area contributed by atoms with Crippen LogP contribution in [-0.2, 0) is 4.74 Å². The monoisotopic (exact) mass is 374 g/mol. The Kier molecular flexibility index (Phi) is 4.95. The zero-order chi connectivity index (χ0) is 19.2. The van der Waals surface area contributed by atoms with Crippen LogP contribution >= 0.6 is 0 Å². The molecule has 2 heterocycles. The second kappa shape index (κ2) is 6.89. The normalized spacial score (nSPS) is 29.1. The van der Waals surface area contributed by atoms with Gasteiger partial charge in [0.05, 0.1) is 6.61 Å². The number of ether oxygens (including phenoxy) is 2. The van der Waals surface area contributed by atoms with Crippen molar-refractivity contribution in [2.45, 2.75) is 37.6 Å². The highest BCUT2D eigenvalue weighted by Gasteiger charge is 2.45. The molecule has 0 amide bonds. The van der Waals surface area contributed by atoms with E-state index in [0.29, 0.717) is 0 Å². The molecule has 26 heavy (non-hydrogen) atoms. The van der Waals surface area contributed by atoms with Gasteiger partial charge < -0.3 is 34.3 Å². The molecule has 0 spiro atoms. The lowest BCUT2D eigenvalue weighted by molar-refractivity contribution is -0.278. The van der Waals surface area contributed by atoms with E-state index < -0.39 is 65.9 Å². The molecule has 0 unspecified atom stereocenters. The molecule has 5 atom stereocenters. The van der Waals surface area contributed by atoms with Crippen LogP contribution in [0, 0.1) is 18.6 Å². The highest BCUT2D eigenvalue weighted by molar-refractivity contribution is 5.82. The van der Waals surface area contributed by atoms with Gasteiger partial charge in [0.15, 0.2) is 17.1 Å². The predicted molar refractivity (Wildman–Crippen MR) is 81.5 cm³/mol. The summed E-state index contributed by atoms with van der Waals surface area (Å²) < 4.78 is 43.7. The molecule has 3 rings (SSSR count). The number of aliphatic hydroxyl groups excluding tert-OH is 4. The fourth-order valence-corrected chi connectivity index (χ4v) is 2.75. The van der Waals surface area contributed by atoms with E-state index in [4.69, 9.17) is 19.0 Å². The Labute approximate surface area is 144 Å². The third-order valence-corrected chi connectivity index (χ3v) is 4.18.